The maximum Gasteiger partial charge on any atom is 0.187 e. The van der Waals surface area contributed by atoms with Crippen LogP contribution in [0.2, 0.25) is 0 Å². The van der Waals surface area contributed by atoms with E-state index in [-0.39, 0.29) is 0 Å². The molecule has 1 aromatic heterocycles. The number of rotatable bonds is 5. The van der Waals surface area contributed by atoms with E-state index in [0.717, 1.165) is 33.6 Å². The molecule has 3 aromatic rings. The first-order valence-electron chi connectivity index (χ1n) is 7.62. The van der Waals surface area contributed by atoms with Gasteiger partial charge in [-0.25, -0.2) is 4.98 Å². The standard InChI is InChI=1S/C19H20N2O2S/c1-12-7-13(2)9-14(8-12)20-19-21-17(11-24-19)16-6-5-15(22-3)10-18(16)23-4/h5-11H,1-4H3,(H,20,21). The van der Waals surface area contributed by atoms with Crippen molar-refractivity contribution in [2.75, 3.05) is 19.5 Å². The van der Waals surface area contributed by atoms with Crippen LogP contribution in [-0.2, 0) is 0 Å². The number of aromatic nitrogens is 1. The lowest BCUT2D eigenvalue weighted by atomic mass is 10.1. The molecule has 1 N–H and O–H groups in total. The maximum atomic E-state index is 5.47. The smallest absolute Gasteiger partial charge is 0.187 e. The van der Waals surface area contributed by atoms with Crippen molar-refractivity contribution in [2.45, 2.75) is 13.8 Å². The largest absolute Gasteiger partial charge is 0.497 e. The van der Waals surface area contributed by atoms with Crippen molar-refractivity contribution >= 4 is 22.2 Å². The van der Waals surface area contributed by atoms with Crippen LogP contribution in [0.1, 0.15) is 11.1 Å². The Hall–Kier alpha value is -2.53. The van der Waals surface area contributed by atoms with Gasteiger partial charge >= 0.3 is 0 Å². The van der Waals surface area contributed by atoms with Crippen LogP contribution in [0.5, 0.6) is 11.5 Å². The zero-order chi connectivity index (χ0) is 17.1. The van der Waals surface area contributed by atoms with Gasteiger partial charge in [-0.1, -0.05) is 6.07 Å². The summed E-state index contributed by atoms with van der Waals surface area (Å²) >= 11 is 1.57. The minimum absolute atomic E-state index is 0.748. The normalized spacial score (nSPS) is 10.5. The number of anilines is 2. The molecule has 0 aliphatic carbocycles. The first-order valence-corrected chi connectivity index (χ1v) is 8.50. The van der Waals surface area contributed by atoms with Crippen molar-refractivity contribution < 1.29 is 9.47 Å². The number of hydrogen-bond donors (Lipinski definition) is 1. The van der Waals surface area contributed by atoms with Gasteiger partial charge in [0.1, 0.15) is 11.5 Å². The summed E-state index contributed by atoms with van der Waals surface area (Å²) < 4.78 is 10.7. The highest BCUT2D eigenvalue weighted by Crippen LogP contribution is 2.35. The van der Waals surface area contributed by atoms with Gasteiger partial charge in [-0.15, -0.1) is 11.3 Å². The monoisotopic (exact) mass is 340 g/mol. The molecule has 0 bridgehead atoms. The second-order valence-corrected chi connectivity index (χ2v) is 6.46. The molecule has 0 amide bonds. The van der Waals surface area contributed by atoms with Crippen LogP contribution < -0.4 is 14.8 Å². The van der Waals surface area contributed by atoms with Crippen molar-refractivity contribution in [3.05, 3.63) is 52.9 Å². The zero-order valence-electron chi connectivity index (χ0n) is 14.2. The van der Waals surface area contributed by atoms with Crippen molar-refractivity contribution in [2.24, 2.45) is 0 Å². The zero-order valence-corrected chi connectivity index (χ0v) is 15.0. The van der Waals surface area contributed by atoms with E-state index in [9.17, 15) is 0 Å². The summed E-state index contributed by atoms with van der Waals surface area (Å²) in [6, 6.07) is 12.1. The van der Waals surface area contributed by atoms with Crippen LogP contribution in [-0.4, -0.2) is 19.2 Å². The van der Waals surface area contributed by atoms with Gasteiger partial charge in [-0.05, 0) is 49.2 Å². The van der Waals surface area contributed by atoms with Crippen LogP contribution in [0.3, 0.4) is 0 Å². The second-order valence-electron chi connectivity index (χ2n) is 5.61. The van der Waals surface area contributed by atoms with Crippen LogP contribution in [0.25, 0.3) is 11.3 Å². The third-order valence-corrected chi connectivity index (χ3v) is 4.42. The summed E-state index contributed by atoms with van der Waals surface area (Å²) in [5.41, 5.74) is 5.33. The number of benzene rings is 2. The van der Waals surface area contributed by atoms with Crippen molar-refractivity contribution in [3.63, 3.8) is 0 Å². The first-order chi connectivity index (χ1) is 11.6. The van der Waals surface area contributed by atoms with E-state index >= 15 is 0 Å². The highest BCUT2D eigenvalue weighted by atomic mass is 32.1. The Morgan fingerprint density at radius 3 is 2.38 bits per heavy atom. The molecular formula is C19H20N2O2S. The molecule has 0 aliphatic rings. The Balaban J connectivity index is 1.88. The van der Waals surface area contributed by atoms with E-state index < -0.39 is 0 Å². The molecule has 0 atom stereocenters. The second kappa shape index (κ2) is 6.93. The van der Waals surface area contributed by atoms with Crippen molar-refractivity contribution in [1.29, 1.82) is 0 Å². The number of aryl methyl sites for hydroxylation is 2. The number of thiazole rings is 1. The topological polar surface area (TPSA) is 43.4 Å². The molecule has 0 saturated heterocycles. The minimum atomic E-state index is 0.748. The number of methoxy groups -OCH3 is 2. The Labute approximate surface area is 146 Å². The predicted molar refractivity (Wildman–Crippen MR) is 99.9 cm³/mol. The molecule has 2 aromatic carbocycles. The molecule has 0 spiro atoms. The number of nitrogens with one attached hydrogen (secondary N) is 1. The van der Waals surface area contributed by atoms with Crippen LogP contribution in [0, 0.1) is 13.8 Å². The lowest BCUT2D eigenvalue weighted by Gasteiger charge is -2.08. The molecular weight excluding hydrogens is 320 g/mol. The Bertz CT molecular complexity index is 838. The fourth-order valence-corrected chi connectivity index (χ4v) is 3.37. The lowest BCUT2D eigenvalue weighted by molar-refractivity contribution is 0.395. The number of ether oxygens (including phenoxy) is 2. The van der Waals surface area contributed by atoms with Gasteiger partial charge in [-0.2, -0.15) is 0 Å². The SMILES string of the molecule is COc1ccc(-c2csc(Nc3cc(C)cc(C)c3)n2)c(OC)c1. The summed E-state index contributed by atoms with van der Waals surface area (Å²) in [5.74, 6) is 1.51. The van der Waals surface area contributed by atoms with Crippen LogP contribution >= 0.6 is 11.3 Å². The van der Waals surface area contributed by atoms with Gasteiger partial charge in [0.2, 0.25) is 0 Å². The van der Waals surface area contributed by atoms with E-state index in [2.05, 4.69) is 42.3 Å². The molecule has 124 valence electrons. The molecule has 0 unspecified atom stereocenters. The summed E-state index contributed by atoms with van der Waals surface area (Å²) in [5, 5.41) is 6.26. The van der Waals surface area contributed by atoms with E-state index in [1.54, 1.807) is 25.6 Å². The van der Waals surface area contributed by atoms with Gasteiger partial charge in [0.25, 0.3) is 0 Å². The molecule has 0 saturated carbocycles. The third-order valence-electron chi connectivity index (χ3n) is 3.66. The summed E-state index contributed by atoms with van der Waals surface area (Å²) in [6.07, 6.45) is 0. The molecule has 5 heteroatoms. The Morgan fingerprint density at radius 1 is 0.958 bits per heavy atom. The molecule has 0 fully saturated rings. The molecule has 4 nitrogen and oxygen atoms in total. The van der Waals surface area contributed by atoms with Crippen LogP contribution in [0.15, 0.2) is 41.8 Å². The van der Waals surface area contributed by atoms with Gasteiger partial charge in [0, 0.05) is 22.7 Å². The average molecular weight is 340 g/mol. The minimum Gasteiger partial charge on any atom is -0.497 e. The molecule has 24 heavy (non-hydrogen) atoms. The van der Waals surface area contributed by atoms with Gasteiger partial charge in [0.05, 0.1) is 19.9 Å². The number of nitrogens with zero attached hydrogens (tertiary/aromatic N) is 1. The van der Waals surface area contributed by atoms with Gasteiger partial charge < -0.3 is 14.8 Å². The molecule has 0 aliphatic heterocycles. The van der Waals surface area contributed by atoms with Crippen LogP contribution in [0.4, 0.5) is 10.8 Å². The quantitative estimate of drug-likeness (QED) is 0.694. The fraction of sp³-hybridized carbons (Fsp3) is 0.211. The molecule has 1 heterocycles. The van der Waals surface area contributed by atoms with Gasteiger partial charge in [-0.3, -0.25) is 0 Å². The summed E-state index contributed by atoms with van der Waals surface area (Å²) in [6.45, 7) is 4.18. The van der Waals surface area contributed by atoms with Crippen molar-refractivity contribution in [1.82, 2.24) is 4.98 Å². The maximum absolute atomic E-state index is 5.47. The number of hydrogen-bond acceptors (Lipinski definition) is 5. The fourth-order valence-electron chi connectivity index (χ4n) is 2.64. The average Bonchev–Trinajstić information content (AvgIpc) is 3.01. The van der Waals surface area contributed by atoms with E-state index in [1.807, 2.05) is 23.6 Å². The summed E-state index contributed by atoms with van der Waals surface area (Å²) in [4.78, 5) is 4.69. The Kier molecular flexibility index (Phi) is 4.71. The first kappa shape index (κ1) is 16.3. The Morgan fingerprint density at radius 2 is 1.71 bits per heavy atom. The highest BCUT2D eigenvalue weighted by molar-refractivity contribution is 7.14. The molecule has 3 rings (SSSR count). The van der Waals surface area contributed by atoms with Gasteiger partial charge in [0.15, 0.2) is 5.13 Å². The predicted octanol–water partition coefficient (Wildman–Crippen LogP) is 5.19. The van der Waals surface area contributed by atoms with E-state index in [4.69, 9.17) is 9.47 Å². The molecule has 0 radical (unpaired) electrons. The van der Waals surface area contributed by atoms with E-state index in [1.165, 1.54) is 11.1 Å². The summed E-state index contributed by atoms with van der Waals surface area (Å²) in [7, 11) is 3.29. The van der Waals surface area contributed by atoms with Crippen molar-refractivity contribution in [3.8, 4) is 22.8 Å². The highest BCUT2D eigenvalue weighted by Gasteiger charge is 2.11. The van der Waals surface area contributed by atoms with E-state index in [0.29, 0.717) is 0 Å². The lowest BCUT2D eigenvalue weighted by Crippen LogP contribution is -1.93. The third kappa shape index (κ3) is 3.51.